The van der Waals surface area contributed by atoms with Gasteiger partial charge in [-0.2, -0.15) is 0 Å². The van der Waals surface area contributed by atoms with Crippen LogP contribution in [0.15, 0.2) is 18.2 Å². The summed E-state index contributed by atoms with van der Waals surface area (Å²) in [5, 5.41) is 9.42. The molecule has 4 nitrogen and oxygen atoms in total. The Labute approximate surface area is 83.3 Å². The number of rotatable bonds is 5. The lowest BCUT2D eigenvalue weighted by Gasteiger charge is -2.08. The van der Waals surface area contributed by atoms with Crippen molar-refractivity contribution in [1.82, 2.24) is 0 Å². The van der Waals surface area contributed by atoms with Crippen molar-refractivity contribution in [3.05, 3.63) is 23.8 Å². The van der Waals surface area contributed by atoms with E-state index in [1.54, 1.807) is 12.1 Å². The van der Waals surface area contributed by atoms with Gasteiger partial charge in [-0.3, -0.25) is 0 Å². The normalized spacial score (nSPS) is 10.1. The summed E-state index contributed by atoms with van der Waals surface area (Å²) in [6, 6.07) is 5.18. The topological polar surface area (TPSA) is 64.7 Å². The minimum absolute atomic E-state index is 0.114. The molecule has 0 atom stereocenters. The van der Waals surface area contributed by atoms with Gasteiger partial charge in [-0.1, -0.05) is 6.07 Å². The number of nitrogens with two attached hydrogens (primary N) is 1. The Kier molecular flexibility index (Phi) is 4.22. The first-order chi connectivity index (χ1) is 6.77. The Morgan fingerprint density at radius 2 is 2.21 bits per heavy atom. The molecule has 1 aromatic carbocycles. The first kappa shape index (κ1) is 10.8. The average Bonchev–Trinajstić information content (AvgIpc) is 2.19. The number of ether oxygens (including phenoxy) is 2. The molecule has 0 radical (unpaired) electrons. The molecule has 0 amide bonds. The fourth-order valence-electron chi connectivity index (χ4n) is 1.12. The monoisotopic (exact) mass is 197 g/mol. The van der Waals surface area contributed by atoms with E-state index < -0.39 is 0 Å². The number of aromatic hydroxyl groups is 1. The molecule has 0 aromatic heterocycles. The molecule has 0 bridgehead atoms. The van der Waals surface area contributed by atoms with Gasteiger partial charge in [0.1, 0.15) is 0 Å². The smallest absolute Gasteiger partial charge is 0.188 e. The molecule has 0 aliphatic heterocycles. The van der Waals surface area contributed by atoms with Crippen molar-refractivity contribution in [1.29, 1.82) is 0 Å². The third-order valence-electron chi connectivity index (χ3n) is 1.79. The van der Waals surface area contributed by atoms with Crippen LogP contribution in [0.25, 0.3) is 0 Å². The minimum Gasteiger partial charge on any atom is -0.504 e. The summed E-state index contributed by atoms with van der Waals surface area (Å²) in [5.74, 6) is 0.542. The number of hydrogen-bond acceptors (Lipinski definition) is 4. The fourth-order valence-corrected chi connectivity index (χ4v) is 1.12. The fraction of sp³-hybridized carbons (Fsp3) is 0.400. The van der Waals surface area contributed by atoms with Gasteiger partial charge in [-0.15, -0.1) is 0 Å². The SMILES string of the molecule is COCOc1cc(CCN)ccc1O. The molecule has 0 saturated carbocycles. The van der Waals surface area contributed by atoms with Crippen LogP contribution in [0, 0.1) is 0 Å². The van der Waals surface area contributed by atoms with E-state index in [0.29, 0.717) is 12.3 Å². The van der Waals surface area contributed by atoms with E-state index in [1.165, 1.54) is 7.11 Å². The quantitative estimate of drug-likeness (QED) is 0.688. The second-order valence-electron chi connectivity index (χ2n) is 2.89. The second kappa shape index (κ2) is 5.47. The van der Waals surface area contributed by atoms with E-state index >= 15 is 0 Å². The molecular weight excluding hydrogens is 182 g/mol. The van der Waals surface area contributed by atoms with Crippen LogP contribution in [0.5, 0.6) is 11.5 Å². The maximum atomic E-state index is 9.42. The van der Waals surface area contributed by atoms with Gasteiger partial charge in [-0.05, 0) is 30.7 Å². The summed E-state index contributed by atoms with van der Waals surface area (Å²) < 4.78 is 9.90. The molecule has 0 aliphatic carbocycles. The predicted molar refractivity (Wildman–Crippen MR) is 53.4 cm³/mol. The van der Waals surface area contributed by atoms with Crippen LogP contribution < -0.4 is 10.5 Å². The Bertz CT molecular complexity index is 289. The lowest BCUT2D eigenvalue weighted by molar-refractivity contribution is 0.0491. The van der Waals surface area contributed by atoms with E-state index in [1.807, 2.05) is 6.07 Å². The summed E-state index contributed by atoms with van der Waals surface area (Å²) in [6.07, 6.45) is 0.767. The van der Waals surface area contributed by atoms with Crippen LogP contribution >= 0.6 is 0 Å². The Morgan fingerprint density at radius 1 is 1.43 bits per heavy atom. The minimum atomic E-state index is 0.114. The van der Waals surface area contributed by atoms with E-state index in [2.05, 4.69) is 0 Å². The Balaban J connectivity index is 2.74. The second-order valence-corrected chi connectivity index (χ2v) is 2.89. The van der Waals surface area contributed by atoms with Crippen LogP contribution in [-0.2, 0) is 11.2 Å². The van der Waals surface area contributed by atoms with Gasteiger partial charge >= 0.3 is 0 Å². The van der Waals surface area contributed by atoms with E-state index in [9.17, 15) is 5.11 Å². The van der Waals surface area contributed by atoms with E-state index in [0.717, 1.165) is 12.0 Å². The Hall–Kier alpha value is -1.26. The molecule has 0 fully saturated rings. The van der Waals surface area contributed by atoms with Crippen molar-refractivity contribution in [3.8, 4) is 11.5 Å². The van der Waals surface area contributed by atoms with Crippen molar-refractivity contribution in [3.63, 3.8) is 0 Å². The maximum absolute atomic E-state index is 9.42. The zero-order valence-corrected chi connectivity index (χ0v) is 8.19. The molecular formula is C10H15NO3. The zero-order chi connectivity index (χ0) is 10.4. The molecule has 3 N–H and O–H groups in total. The van der Waals surface area contributed by atoms with Gasteiger partial charge in [-0.25, -0.2) is 0 Å². The van der Waals surface area contributed by atoms with Gasteiger partial charge in [0.05, 0.1) is 0 Å². The molecule has 0 heterocycles. The number of phenolic OH excluding ortho intramolecular Hbond substituents is 1. The van der Waals surface area contributed by atoms with Crippen LogP contribution in [0.2, 0.25) is 0 Å². The van der Waals surface area contributed by atoms with Crippen LogP contribution in [-0.4, -0.2) is 25.6 Å². The number of benzene rings is 1. The number of hydrogen-bond donors (Lipinski definition) is 2. The highest BCUT2D eigenvalue weighted by molar-refractivity contribution is 5.41. The lowest BCUT2D eigenvalue weighted by atomic mass is 10.1. The maximum Gasteiger partial charge on any atom is 0.188 e. The molecule has 78 valence electrons. The summed E-state index contributed by atoms with van der Waals surface area (Å²) in [4.78, 5) is 0. The Morgan fingerprint density at radius 3 is 2.86 bits per heavy atom. The highest BCUT2D eigenvalue weighted by Gasteiger charge is 2.03. The van der Waals surface area contributed by atoms with Gasteiger partial charge in [0.25, 0.3) is 0 Å². The van der Waals surface area contributed by atoms with Crippen LogP contribution in [0.1, 0.15) is 5.56 Å². The van der Waals surface area contributed by atoms with Crippen molar-refractivity contribution < 1.29 is 14.6 Å². The molecule has 4 heteroatoms. The summed E-state index contributed by atoms with van der Waals surface area (Å²) in [5.41, 5.74) is 6.46. The van der Waals surface area contributed by atoms with Gasteiger partial charge in [0.15, 0.2) is 18.3 Å². The standard InChI is InChI=1S/C10H15NO3/c1-13-7-14-10-6-8(4-5-11)2-3-9(10)12/h2-3,6,12H,4-5,7,11H2,1H3. The molecule has 1 aromatic rings. The van der Waals surface area contributed by atoms with Crippen molar-refractivity contribution in [2.24, 2.45) is 5.73 Å². The van der Waals surface area contributed by atoms with Crippen molar-refractivity contribution in [2.75, 3.05) is 20.4 Å². The van der Waals surface area contributed by atoms with Gasteiger partial charge < -0.3 is 20.3 Å². The molecule has 14 heavy (non-hydrogen) atoms. The number of phenols is 1. The summed E-state index contributed by atoms with van der Waals surface area (Å²) in [6.45, 7) is 0.703. The molecule has 0 spiro atoms. The molecule has 1 rings (SSSR count). The van der Waals surface area contributed by atoms with E-state index in [4.69, 9.17) is 15.2 Å². The van der Waals surface area contributed by atoms with Crippen LogP contribution in [0.4, 0.5) is 0 Å². The molecule has 0 aliphatic rings. The molecule has 0 unspecified atom stereocenters. The third-order valence-corrected chi connectivity index (χ3v) is 1.79. The zero-order valence-electron chi connectivity index (χ0n) is 8.19. The van der Waals surface area contributed by atoms with Crippen LogP contribution in [0.3, 0.4) is 0 Å². The first-order valence-electron chi connectivity index (χ1n) is 4.41. The van der Waals surface area contributed by atoms with Gasteiger partial charge in [0, 0.05) is 7.11 Å². The summed E-state index contributed by atoms with van der Waals surface area (Å²) >= 11 is 0. The van der Waals surface area contributed by atoms with Gasteiger partial charge in [0.2, 0.25) is 0 Å². The lowest BCUT2D eigenvalue weighted by Crippen LogP contribution is -2.04. The average molecular weight is 197 g/mol. The highest BCUT2D eigenvalue weighted by Crippen LogP contribution is 2.26. The summed E-state index contributed by atoms with van der Waals surface area (Å²) in [7, 11) is 1.53. The van der Waals surface area contributed by atoms with Crippen molar-refractivity contribution in [2.45, 2.75) is 6.42 Å². The number of methoxy groups -OCH3 is 1. The van der Waals surface area contributed by atoms with Crippen molar-refractivity contribution >= 4 is 0 Å². The third kappa shape index (κ3) is 2.90. The van der Waals surface area contributed by atoms with E-state index in [-0.39, 0.29) is 12.5 Å². The molecule has 0 saturated heterocycles. The highest BCUT2D eigenvalue weighted by atomic mass is 16.7. The largest absolute Gasteiger partial charge is 0.504 e. The predicted octanol–water partition coefficient (Wildman–Crippen LogP) is 0.876. The first-order valence-corrected chi connectivity index (χ1v) is 4.41.